The minimum atomic E-state index is -3.84. The number of hydrogen-bond acceptors (Lipinski definition) is 10. The number of piperidine rings is 1. The van der Waals surface area contributed by atoms with Crippen LogP contribution in [0.25, 0.3) is 10.9 Å². The zero-order valence-electron chi connectivity index (χ0n) is 23.9. The molecule has 0 radical (unpaired) electrons. The van der Waals surface area contributed by atoms with Crippen molar-refractivity contribution >= 4 is 61.7 Å². The van der Waals surface area contributed by atoms with Crippen molar-refractivity contribution in [3.05, 3.63) is 79.8 Å². The SMILES string of the molecule is Cc1cc([C@@H](C)Nc2ccc(Cl)nc2C(=O)NS(C)(=O)=O)c2nc(N3CCC[C@@H](c4ncc(Cl)cn4)C3)n(C)c(=O)c2c1. The highest BCUT2D eigenvalue weighted by Gasteiger charge is 2.27. The molecule has 1 fully saturated rings. The number of carbonyl (C=O) groups is 1. The second kappa shape index (κ2) is 12.1. The summed E-state index contributed by atoms with van der Waals surface area (Å²) in [4.78, 5) is 46.4. The molecule has 226 valence electrons. The lowest BCUT2D eigenvalue weighted by molar-refractivity contribution is 0.0977. The zero-order valence-corrected chi connectivity index (χ0v) is 26.3. The van der Waals surface area contributed by atoms with Crippen molar-refractivity contribution in [2.75, 3.05) is 29.6 Å². The van der Waals surface area contributed by atoms with E-state index in [0.29, 0.717) is 46.4 Å². The quantitative estimate of drug-likeness (QED) is 0.283. The van der Waals surface area contributed by atoms with E-state index in [4.69, 9.17) is 28.2 Å². The molecule has 15 heteroatoms. The normalized spacial score (nSPS) is 16.2. The molecule has 0 unspecified atom stereocenters. The molecule has 12 nitrogen and oxygen atoms in total. The summed E-state index contributed by atoms with van der Waals surface area (Å²) >= 11 is 12.0. The van der Waals surface area contributed by atoms with Gasteiger partial charge in [0.05, 0.1) is 33.9 Å². The molecule has 1 amide bonds. The van der Waals surface area contributed by atoms with Crippen LogP contribution in [0.4, 0.5) is 11.6 Å². The summed E-state index contributed by atoms with van der Waals surface area (Å²) in [5.41, 5.74) is 1.97. The van der Waals surface area contributed by atoms with Crippen molar-refractivity contribution in [3.63, 3.8) is 0 Å². The van der Waals surface area contributed by atoms with Gasteiger partial charge in [-0.15, -0.1) is 0 Å². The average molecular weight is 646 g/mol. The molecule has 43 heavy (non-hydrogen) atoms. The standard InChI is InChI=1S/C28H30Cl2N8O4S/c1-15-10-19(16(2)33-21-7-8-22(30)34-24(21)26(39)36-43(4,41)42)23-20(11-15)27(40)37(3)28(35-23)38-9-5-6-17(14-38)25-31-12-18(29)13-32-25/h7-8,10-13,16-17,33H,5-6,9,14H2,1-4H3,(H,36,39)/t16-,17-/m1/s1. The third kappa shape index (κ3) is 6.73. The van der Waals surface area contributed by atoms with E-state index in [0.717, 1.165) is 24.7 Å². The van der Waals surface area contributed by atoms with Gasteiger partial charge in [0.2, 0.25) is 16.0 Å². The van der Waals surface area contributed by atoms with E-state index in [-0.39, 0.29) is 28.0 Å². The Morgan fingerprint density at radius 1 is 1.14 bits per heavy atom. The molecule has 0 aliphatic carbocycles. The monoisotopic (exact) mass is 644 g/mol. The van der Waals surface area contributed by atoms with Crippen LogP contribution < -0.4 is 20.5 Å². The second-order valence-corrected chi connectivity index (χ2v) is 13.2. The first-order valence-electron chi connectivity index (χ1n) is 13.5. The number of pyridine rings is 1. The fourth-order valence-corrected chi connectivity index (χ4v) is 5.99. The fraction of sp³-hybridized carbons (Fsp3) is 0.357. The van der Waals surface area contributed by atoms with Gasteiger partial charge in [0.25, 0.3) is 11.5 Å². The number of aromatic nitrogens is 5. The molecule has 3 aromatic heterocycles. The minimum absolute atomic E-state index is 0.0245. The van der Waals surface area contributed by atoms with Crippen LogP contribution in [0.5, 0.6) is 0 Å². The number of nitrogens with one attached hydrogen (secondary N) is 2. The summed E-state index contributed by atoms with van der Waals surface area (Å²) < 4.78 is 26.9. The Kier molecular flexibility index (Phi) is 8.59. The highest BCUT2D eigenvalue weighted by atomic mass is 35.5. The maximum atomic E-state index is 13.7. The van der Waals surface area contributed by atoms with Gasteiger partial charge in [-0.05, 0) is 50.5 Å². The average Bonchev–Trinajstić information content (AvgIpc) is 2.95. The van der Waals surface area contributed by atoms with Gasteiger partial charge in [-0.25, -0.2) is 33.1 Å². The van der Waals surface area contributed by atoms with Crippen molar-refractivity contribution < 1.29 is 13.2 Å². The van der Waals surface area contributed by atoms with Crippen LogP contribution >= 0.6 is 23.2 Å². The molecule has 1 aromatic carbocycles. The lowest BCUT2D eigenvalue weighted by atomic mass is 9.97. The number of benzene rings is 1. The largest absolute Gasteiger partial charge is 0.377 e. The van der Waals surface area contributed by atoms with Gasteiger partial charge in [-0.1, -0.05) is 29.3 Å². The van der Waals surface area contributed by atoms with E-state index in [1.165, 1.54) is 6.07 Å². The van der Waals surface area contributed by atoms with Crippen LogP contribution in [0.3, 0.4) is 0 Å². The number of aryl methyl sites for hydroxylation is 1. The van der Waals surface area contributed by atoms with E-state index < -0.39 is 22.0 Å². The molecular formula is C28H30Cl2N8O4S. The molecule has 0 spiro atoms. The van der Waals surface area contributed by atoms with Crippen molar-refractivity contribution in [1.82, 2.24) is 29.2 Å². The van der Waals surface area contributed by atoms with Crippen LogP contribution in [0.2, 0.25) is 10.2 Å². The topological polar surface area (TPSA) is 152 Å². The van der Waals surface area contributed by atoms with E-state index in [2.05, 4.69) is 25.2 Å². The highest BCUT2D eigenvalue weighted by Crippen LogP contribution is 2.31. The number of nitrogens with zero attached hydrogens (tertiary/aromatic N) is 6. The zero-order chi connectivity index (χ0) is 31.1. The summed E-state index contributed by atoms with van der Waals surface area (Å²) in [7, 11) is -2.13. The third-order valence-corrected chi connectivity index (χ3v) is 8.20. The van der Waals surface area contributed by atoms with Crippen LogP contribution in [0.1, 0.15) is 59.2 Å². The number of carbonyl (C=O) groups excluding carboxylic acids is 1. The van der Waals surface area contributed by atoms with Crippen molar-refractivity contribution in [2.45, 2.75) is 38.6 Å². The van der Waals surface area contributed by atoms with Crippen LogP contribution in [0, 0.1) is 6.92 Å². The number of rotatable bonds is 7. The number of sulfonamides is 1. The minimum Gasteiger partial charge on any atom is -0.377 e. The molecule has 5 rings (SSSR count). The summed E-state index contributed by atoms with van der Waals surface area (Å²) in [5, 5.41) is 4.19. The van der Waals surface area contributed by atoms with Crippen LogP contribution in [0.15, 0.2) is 41.5 Å². The molecule has 1 aliphatic rings. The predicted octanol–water partition coefficient (Wildman–Crippen LogP) is 3.98. The Morgan fingerprint density at radius 2 is 1.86 bits per heavy atom. The van der Waals surface area contributed by atoms with Crippen molar-refractivity contribution in [2.24, 2.45) is 7.05 Å². The van der Waals surface area contributed by atoms with Crippen molar-refractivity contribution in [1.29, 1.82) is 0 Å². The van der Waals surface area contributed by atoms with Gasteiger partial charge in [0, 0.05) is 44.0 Å². The van der Waals surface area contributed by atoms with Gasteiger partial charge in [-0.3, -0.25) is 14.2 Å². The van der Waals surface area contributed by atoms with E-state index in [1.807, 2.05) is 24.6 Å². The molecular weight excluding hydrogens is 615 g/mol. The first-order valence-corrected chi connectivity index (χ1v) is 16.1. The Labute approximate surface area is 258 Å². The summed E-state index contributed by atoms with van der Waals surface area (Å²) in [6, 6.07) is 6.30. The molecule has 4 heterocycles. The maximum absolute atomic E-state index is 13.7. The highest BCUT2D eigenvalue weighted by molar-refractivity contribution is 7.89. The van der Waals surface area contributed by atoms with E-state index in [1.54, 1.807) is 36.1 Å². The van der Waals surface area contributed by atoms with Gasteiger partial charge in [0.1, 0.15) is 11.0 Å². The molecule has 2 N–H and O–H groups in total. The number of hydrogen-bond donors (Lipinski definition) is 2. The Hall–Kier alpha value is -3.81. The first-order chi connectivity index (χ1) is 20.3. The Morgan fingerprint density at radius 3 is 2.56 bits per heavy atom. The number of fused-ring (bicyclic) bond motifs is 1. The molecule has 0 saturated carbocycles. The van der Waals surface area contributed by atoms with Gasteiger partial charge in [-0.2, -0.15) is 0 Å². The van der Waals surface area contributed by atoms with Crippen LogP contribution in [-0.4, -0.2) is 58.2 Å². The van der Waals surface area contributed by atoms with Gasteiger partial charge >= 0.3 is 0 Å². The smallest absolute Gasteiger partial charge is 0.285 e. The summed E-state index contributed by atoms with van der Waals surface area (Å²) in [6.45, 7) is 5.03. The predicted molar refractivity (Wildman–Crippen MR) is 167 cm³/mol. The van der Waals surface area contributed by atoms with E-state index >= 15 is 0 Å². The Balaban J connectivity index is 1.53. The number of anilines is 2. The summed E-state index contributed by atoms with van der Waals surface area (Å²) in [6.07, 6.45) is 5.81. The maximum Gasteiger partial charge on any atom is 0.285 e. The second-order valence-electron chi connectivity index (χ2n) is 10.7. The molecule has 1 saturated heterocycles. The first kappa shape index (κ1) is 30.6. The number of amides is 1. The number of halogens is 2. The van der Waals surface area contributed by atoms with Crippen molar-refractivity contribution in [3.8, 4) is 0 Å². The molecule has 2 atom stereocenters. The Bertz CT molecular complexity index is 1880. The fourth-order valence-electron chi connectivity index (χ4n) is 5.31. The molecule has 4 aromatic rings. The van der Waals surface area contributed by atoms with E-state index in [9.17, 15) is 18.0 Å². The summed E-state index contributed by atoms with van der Waals surface area (Å²) in [5.74, 6) is 0.342. The molecule has 0 bridgehead atoms. The third-order valence-electron chi connectivity index (χ3n) is 7.23. The van der Waals surface area contributed by atoms with Crippen LogP contribution in [-0.2, 0) is 17.1 Å². The lowest BCUT2D eigenvalue weighted by Crippen LogP contribution is -2.39. The lowest BCUT2D eigenvalue weighted by Gasteiger charge is -2.33. The van der Waals surface area contributed by atoms with Gasteiger partial charge in [0.15, 0.2) is 5.69 Å². The van der Waals surface area contributed by atoms with Gasteiger partial charge < -0.3 is 10.2 Å². The molecule has 1 aliphatic heterocycles.